The van der Waals surface area contributed by atoms with Crippen molar-refractivity contribution in [2.24, 2.45) is 5.92 Å². The van der Waals surface area contributed by atoms with Gasteiger partial charge in [0, 0.05) is 34.8 Å². The molecule has 1 fully saturated rings. The van der Waals surface area contributed by atoms with Crippen LogP contribution in [0.1, 0.15) is 40.0 Å². The summed E-state index contributed by atoms with van der Waals surface area (Å²) in [5.41, 5.74) is -0.452. The van der Waals surface area contributed by atoms with E-state index in [-0.39, 0.29) is 6.09 Å². The quantitative estimate of drug-likeness (QED) is 0.868. The topological polar surface area (TPSA) is 70.5 Å². The van der Waals surface area contributed by atoms with E-state index in [1.165, 1.54) is 6.26 Å². The van der Waals surface area contributed by atoms with Crippen LogP contribution in [0.2, 0.25) is 0 Å². The van der Waals surface area contributed by atoms with Crippen molar-refractivity contribution >= 4 is 15.8 Å². The Hall–Kier alpha value is -0.780. The van der Waals surface area contributed by atoms with Crippen molar-refractivity contribution in [1.29, 1.82) is 4.78 Å². The average Bonchev–Trinajstić information content (AvgIpc) is 2.23. The van der Waals surface area contributed by atoms with Crippen molar-refractivity contribution in [2.75, 3.05) is 25.1 Å². The number of nitrogens with zero attached hydrogens (tertiary/aromatic N) is 1. The SMILES string of the molecule is CC(C)(C)OC(=O)N1CCC(CCS(C)(=N)=O)CC1. The summed E-state index contributed by atoms with van der Waals surface area (Å²) in [5.74, 6) is 0.939. The average molecular weight is 290 g/mol. The molecule has 19 heavy (non-hydrogen) atoms. The Morgan fingerprint density at radius 2 is 1.89 bits per heavy atom. The van der Waals surface area contributed by atoms with E-state index >= 15 is 0 Å². The van der Waals surface area contributed by atoms with E-state index < -0.39 is 15.3 Å². The fourth-order valence-electron chi connectivity index (χ4n) is 2.12. The zero-order valence-corrected chi connectivity index (χ0v) is 13.2. The lowest BCUT2D eigenvalue weighted by atomic mass is 9.95. The first-order valence-electron chi connectivity index (χ1n) is 6.76. The van der Waals surface area contributed by atoms with Crippen LogP contribution < -0.4 is 0 Å². The summed E-state index contributed by atoms with van der Waals surface area (Å²) in [7, 11) is -2.38. The highest BCUT2D eigenvalue weighted by Gasteiger charge is 2.26. The highest BCUT2D eigenvalue weighted by molar-refractivity contribution is 7.91. The first kappa shape index (κ1) is 16.3. The molecular formula is C13H26N2O3S. The molecule has 1 aliphatic rings. The number of likely N-dealkylation sites (tertiary alicyclic amines) is 1. The van der Waals surface area contributed by atoms with Crippen molar-refractivity contribution < 1.29 is 13.7 Å². The molecule has 0 aliphatic carbocycles. The van der Waals surface area contributed by atoms with Crippen molar-refractivity contribution in [3.63, 3.8) is 0 Å². The molecule has 5 nitrogen and oxygen atoms in total. The number of piperidine rings is 1. The molecule has 0 aromatic carbocycles. The van der Waals surface area contributed by atoms with E-state index in [2.05, 4.69) is 0 Å². The van der Waals surface area contributed by atoms with Crippen molar-refractivity contribution in [3.8, 4) is 0 Å². The molecule has 1 amide bonds. The molecule has 1 heterocycles. The van der Waals surface area contributed by atoms with Gasteiger partial charge in [-0.2, -0.15) is 0 Å². The van der Waals surface area contributed by atoms with Gasteiger partial charge in [-0.1, -0.05) is 0 Å². The number of nitrogens with one attached hydrogen (secondary N) is 1. The maximum atomic E-state index is 11.9. The number of rotatable bonds is 3. The molecule has 1 aliphatic heterocycles. The Labute approximate surface area is 116 Å². The van der Waals surface area contributed by atoms with Crippen molar-refractivity contribution in [1.82, 2.24) is 4.90 Å². The first-order chi connectivity index (χ1) is 8.57. The zero-order chi connectivity index (χ0) is 14.7. The van der Waals surface area contributed by atoms with Crippen LogP contribution in [0.25, 0.3) is 0 Å². The standard InChI is InChI=1S/C13H26N2O3S/c1-13(2,3)18-12(16)15-8-5-11(6-9-15)7-10-19(4,14)17/h11,14H,5-10H2,1-4H3. The Kier molecular flexibility index (Phi) is 5.24. The summed E-state index contributed by atoms with van der Waals surface area (Å²) < 4.78 is 24.1. The number of carbonyl (C=O) groups excluding carboxylic acids is 1. The predicted octanol–water partition coefficient (Wildman–Crippen LogP) is 2.70. The lowest BCUT2D eigenvalue weighted by Crippen LogP contribution is -2.41. The van der Waals surface area contributed by atoms with Crippen LogP contribution in [0.5, 0.6) is 0 Å². The molecule has 0 spiro atoms. The largest absolute Gasteiger partial charge is 0.444 e. The monoisotopic (exact) mass is 290 g/mol. The molecule has 0 aromatic heterocycles. The normalized spacial score (nSPS) is 20.9. The van der Waals surface area contributed by atoms with E-state index in [1.807, 2.05) is 20.8 Å². The van der Waals surface area contributed by atoms with Crippen LogP contribution in [-0.4, -0.2) is 45.9 Å². The van der Waals surface area contributed by atoms with Crippen LogP contribution in [0.4, 0.5) is 4.79 Å². The van der Waals surface area contributed by atoms with Crippen molar-refractivity contribution in [3.05, 3.63) is 0 Å². The lowest BCUT2D eigenvalue weighted by molar-refractivity contribution is 0.0183. The minimum atomic E-state index is -2.38. The van der Waals surface area contributed by atoms with Gasteiger partial charge in [0.05, 0.1) is 0 Å². The molecule has 1 saturated heterocycles. The third kappa shape index (κ3) is 6.80. The highest BCUT2D eigenvalue weighted by atomic mass is 32.2. The maximum Gasteiger partial charge on any atom is 0.410 e. The van der Waals surface area contributed by atoms with E-state index in [1.54, 1.807) is 4.90 Å². The number of carbonyl (C=O) groups is 1. The zero-order valence-electron chi connectivity index (χ0n) is 12.4. The van der Waals surface area contributed by atoms with Crippen LogP contribution in [0, 0.1) is 10.7 Å². The van der Waals surface area contributed by atoms with Gasteiger partial charge in [-0.3, -0.25) is 8.99 Å². The van der Waals surface area contributed by atoms with E-state index in [0.29, 0.717) is 24.8 Å². The molecule has 1 N–H and O–H groups in total. The second-order valence-electron chi connectivity index (χ2n) is 6.41. The van der Waals surface area contributed by atoms with Gasteiger partial charge in [0.25, 0.3) is 0 Å². The Bertz CT molecular complexity index is 404. The molecule has 0 bridgehead atoms. The third-order valence-corrected chi connectivity index (χ3v) is 4.20. The van der Waals surface area contributed by atoms with Gasteiger partial charge in [-0.25, -0.2) is 4.79 Å². The minimum Gasteiger partial charge on any atom is -0.444 e. The van der Waals surface area contributed by atoms with E-state index in [4.69, 9.17) is 9.52 Å². The summed E-state index contributed by atoms with van der Waals surface area (Å²) in [6.07, 6.45) is 3.89. The van der Waals surface area contributed by atoms with Crippen molar-refractivity contribution in [2.45, 2.75) is 45.6 Å². The molecule has 1 rings (SSSR count). The summed E-state index contributed by atoms with van der Waals surface area (Å²) in [5, 5.41) is 0. The summed E-state index contributed by atoms with van der Waals surface area (Å²) >= 11 is 0. The van der Waals surface area contributed by atoms with Gasteiger partial charge in [0.1, 0.15) is 5.60 Å². The second kappa shape index (κ2) is 6.11. The third-order valence-electron chi connectivity index (χ3n) is 3.18. The Morgan fingerprint density at radius 3 is 2.32 bits per heavy atom. The summed E-state index contributed by atoms with van der Waals surface area (Å²) in [6, 6.07) is 0. The van der Waals surface area contributed by atoms with E-state index in [9.17, 15) is 9.00 Å². The predicted molar refractivity (Wildman–Crippen MR) is 76.8 cm³/mol. The van der Waals surface area contributed by atoms with Gasteiger partial charge >= 0.3 is 6.09 Å². The van der Waals surface area contributed by atoms with Crippen LogP contribution in [0.15, 0.2) is 0 Å². The van der Waals surface area contributed by atoms with Gasteiger partial charge in [-0.15, -0.1) is 0 Å². The fraction of sp³-hybridized carbons (Fsp3) is 0.923. The fourth-order valence-corrected chi connectivity index (χ4v) is 2.91. The molecule has 112 valence electrons. The van der Waals surface area contributed by atoms with Gasteiger partial charge in [0.15, 0.2) is 0 Å². The molecule has 0 radical (unpaired) electrons. The lowest BCUT2D eigenvalue weighted by Gasteiger charge is -2.33. The number of ether oxygens (including phenoxy) is 1. The van der Waals surface area contributed by atoms with Gasteiger partial charge < -0.3 is 9.64 Å². The molecular weight excluding hydrogens is 264 g/mol. The maximum absolute atomic E-state index is 11.9. The molecule has 1 unspecified atom stereocenters. The van der Waals surface area contributed by atoms with Crippen LogP contribution in [-0.2, 0) is 14.5 Å². The first-order valence-corrected chi connectivity index (χ1v) is 8.90. The van der Waals surface area contributed by atoms with Gasteiger partial charge in [-0.05, 0) is 46.0 Å². The van der Waals surface area contributed by atoms with Gasteiger partial charge in [0.2, 0.25) is 0 Å². The smallest absolute Gasteiger partial charge is 0.410 e. The molecule has 0 aromatic rings. The highest BCUT2D eigenvalue weighted by Crippen LogP contribution is 2.22. The molecule has 6 heteroatoms. The minimum absolute atomic E-state index is 0.245. The Balaban J connectivity index is 2.35. The summed E-state index contributed by atoms with van der Waals surface area (Å²) in [6.45, 7) is 6.99. The molecule has 0 saturated carbocycles. The number of hydrogen-bond acceptors (Lipinski definition) is 4. The Morgan fingerprint density at radius 1 is 1.37 bits per heavy atom. The number of amides is 1. The van der Waals surface area contributed by atoms with Crippen LogP contribution in [0.3, 0.4) is 0 Å². The second-order valence-corrected chi connectivity index (χ2v) is 8.83. The van der Waals surface area contributed by atoms with E-state index in [0.717, 1.165) is 19.3 Å². The number of hydrogen-bond donors (Lipinski definition) is 1. The molecule has 1 atom stereocenters. The van der Waals surface area contributed by atoms with Crippen LogP contribution >= 0.6 is 0 Å². The summed E-state index contributed by atoms with van der Waals surface area (Å²) in [4.78, 5) is 13.6.